The molecule has 2 aliphatic rings. The molecule has 2 rings (SSSR count). The SMILES string of the molecule is O=C1CCCC2(CCCO2)C1. The third kappa shape index (κ3) is 1.32. The summed E-state index contributed by atoms with van der Waals surface area (Å²) in [5.41, 5.74) is -0.00463. The Morgan fingerprint density at radius 2 is 2.09 bits per heavy atom. The molecule has 2 nitrogen and oxygen atoms in total. The number of hydrogen-bond donors (Lipinski definition) is 0. The Labute approximate surface area is 66.9 Å². The molecule has 1 unspecified atom stereocenters. The molecule has 1 spiro atoms. The lowest BCUT2D eigenvalue weighted by Gasteiger charge is -2.31. The van der Waals surface area contributed by atoms with Gasteiger partial charge in [0.25, 0.3) is 0 Å². The number of rotatable bonds is 0. The van der Waals surface area contributed by atoms with Crippen LogP contribution >= 0.6 is 0 Å². The van der Waals surface area contributed by atoms with Crippen LogP contribution in [-0.2, 0) is 9.53 Å². The molecule has 0 aromatic rings. The van der Waals surface area contributed by atoms with E-state index >= 15 is 0 Å². The maximum absolute atomic E-state index is 11.1. The molecule has 11 heavy (non-hydrogen) atoms. The smallest absolute Gasteiger partial charge is 0.135 e. The third-order valence-electron chi connectivity index (χ3n) is 2.79. The van der Waals surface area contributed by atoms with E-state index in [0.29, 0.717) is 12.2 Å². The van der Waals surface area contributed by atoms with Crippen molar-refractivity contribution in [2.24, 2.45) is 0 Å². The maximum Gasteiger partial charge on any atom is 0.135 e. The second-order valence-corrected chi connectivity index (χ2v) is 3.70. The van der Waals surface area contributed by atoms with Crippen molar-refractivity contribution >= 4 is 5.78 Å². The molecule has 0 aromatic carbocycles. The first-order valence-corrected chi connectivity index (χ1v) is 4.46. The molecule has 0 bridgehead atoms. The summed E-state index contributed by atoms with van der Waals surface area (Å²) in [7, 11) is 0. The number of ketones is 1. The van der Waals surface area contributed by atoms with Crippen LogP contribution in [0.1, 0.15) is 38.5 Å². The van der Waals surface area contributed by atoms with Gasteiger partial charge >= 0.3 is 0 Å². The lowest BCUT2D eigenvalue weighted by Crippen LogP contribution is -2.34. The largest absolute Gasteiger partial charge is 0.375 e. The van der Waals surface area contributed by atoms with Crippen molar-refractivity contribution in [1.82, 2.24) is 0 Å². The normalized spacial score (nSPS) is 38.4. The zero-order valence-corrected chi connectivity index (χ0v) is 6.77. The fraction of sp³-hybridized carbons (Fsp3) is 0.889. The van der Waals surface area contributed by atoms with Crippen molar-refractivity contribution in [3.8, 4) is 0 Å². The zero-order valence-electron chi connectivity index (χ0n) is 6.77. The summed E-state index contributed by atoms with van der Waals surface area (Å²) in [5, 5.41) is 0. The van der Waals surface area contributed by atoms with Gasteiger partial charge in [-0.2, -0.15) is 0 Å². The second-order valence-electron chi connectivity index (χ2n) is 3.70. The molecule has 0 aromatic heterocycles. The van der Waals surface area contributed by atoms with E-state index in [9.17, 15) is 4.79 Å². The molecule has 2 fully saturated rings. The summed E-state index contributed by atoms with van der Waals surface area (Å²) in [5.74, 6) is 0.401. The van der Waals surface area contributed by atoms with Gasteiger partial charge in [-0.1, -0.05) is 0 Å². The highest BCUT2D eigenvalue weighted by Crippen LogP contribution is 2.37. The summed E-state index contributed by atoms with van der Waals surface area (Å²) in [6.45, 7) is 0.868. The van der Waals surface area contributed by atoms with Crippen LogP contribution in [0.4, 0.5) is 0 Å². The summed E-state index contributed by atoms with van der Waals surface area (Å²) < 4.78 is 5.63. The van der Waals surface area contributed by atoms with Crippen molar-refractivity contribution in [1.29, 1.82) is 0 Å². The van der Waals surface area contributed by atoms with Gasteiger partial charge in [0.15, 0.2) is 0 Å². The number of carbonyl (C=O) groups is 1. The second kappa shape index (κ2) is 2.59. The van der Waals surface area contributed by atoms with Gasteiger partial charge in [-0.15, -0.1) is 0 Å². The molecule has 1 atom stereocenters. The van der Waals surface area contributed by atoms with Crippen molar-refractivity contribution in [3.05, 3.63) is 0 Å². The van der Waals surface area contributed by atoms with Crippen LogP contribution < -0.4 is 0 Å². The van der Waals surface area contributed by atoms with Crippen LogP contribution in [0.3, 0.4) is 0 Å². The quantitative estimate of drug-likeness (QED) is 0.530. The van der Waals surface area contributed by atoms with Crippen LogP contribution in [-0.4, -0.2) is 18.0 Å². The predicted octanol–water partition coefficient (Wildman–Crippen LogP) is 1.68. The summed E-state index contributed by atoms with van der Waals surface area (Å²) >= 11 is 0. The molecule has 0 amide bonds. The molecule has 62 valence electrons. The Kier molecular flexibility index (Phi) is 1.72. The molecular weight excluding hydrogens is 140 g/mol. The number of ether oxygens (including phenoxy) is 1. The Hall–Kier alpha value is -0.370. The van der Waals surface area contributed by atoms with E-state index in [2.05, 4.69) is 0 Å². The van der Waals surface area contributed by atoms with Gasteiger partial charge in [0.2, 0.25) is 0 Å². The number of carbonyl (C=O) groups excluding carboxylic acids is 1. The monoisotopic (exact) mass is 154 g/mol. The van der Waals surface area contributed by atoms with Crippen LogP contribution in [0.5, 0.6) is 0 Å². The van der Waals surface area contributed by atoms with Crippen LogP contribution in [0.2, 0.25) is 0 Å². The van der Waals surface area contributed by atoms with Gasteiger partial charge in [0.1, 0.15) is 5.78 Å². The maximum atomic E-state index is 11.1. The standard InChI is InChI=1S/C9H14O2/c10-8-3-1-4-9(7-8)5-2-6-11-9/h1-7H2. The zero-order chi connectivity index (χ0) is 7.73. The van der Waals surface area contributed by atoms with Crippen molar-refractivity contribution in [3.63, 3.8) is 0 Å². The topological polar surface area (TPSA) is 26.3 Å². The Morgan fingerprint density at radius 1 is 1.27 bits per heavy atom. The molecule has 1 saturated carbocycles. The summed E-state index contributed by atoms with van der Waals surface area (Å²) in [6, 6.07) is 0. The average molecular weight is 154 g/mol. The molecule has 1 aliphatic heterocycles. The van der Waals surface area contributed by atoms with Gasteiger partial charge in [0, 0.05) is 19.4 Å². The van der Waals surface area contributed by atoms with Crippen molar-refractivity contribution in [2.75, 3.05) is 6.61 Å². The molecule has 2 heteroatoms. The van der Waals surface area contributed by atoms with Crippen LogP contribution in [0.25, 0.3) is 0 Å². The molecular formula is C9H14O2. The first kappa shape index (κ1) is 7.29. The van der Waals surface area contributed by atoms with E-state index in [0.717, 1.165) is 38.7 Å². The van der Waals surface area contributed by atoms with E-state index < -0.39 is 0 Å². The number of Topliss-reactive ketones (excluding diaryl/α,β-unsaturated/α-hetero) is 1. The fourth-order valence-corrected chi connectivity index (χ4v) is 2.24. The van der Waals surface area contributed by atoms with Gasteiger partial charge in [-0.05, 0) is 25.7 Å². The van der Waals surface area contributed by atoms with Crippen LogP contribution in [0.15, 0.2) is 0 Å². The molecule has 1 saturated heterocycles. The molecule has 0 radical (unpaired) electrons. The highest BCUT2D eigenvalue weighted by Gasteiger charge is 2.39. The highest BCUT2D eigenvalue weighted by atomic mass is 16.5. The first-order valence-electron chi connectivity index (χ1n) is 4.46. The minimum Gasteiger partial charge on any atom is -0.375 e. The lowest BCUT2D eigenvalue weighted by molar-refractivity contribution is -0.128. The number of hydrogen-bond acceptors (Lipinski definition) is 2. The summed E-state index contributed by atoms with van der Waals surface area (Å²) in [6.07, 6.45) is 5.88. The van der Waals surface area contributed by atoms with Gasteiger partial charge in [-0.25, -0.2) is 0 Å². The molecule has 1 aliphatic carbocycles. The van der Waals surface area contributed by atoms with Gasteiger partial charge < -0.3 is 4.74 Å². The Balaban J connectivity index is 2.05. The molecule has 0 N–H and O–H groups in total. The van der Waals surface area contributed by atoms with E-state index in [4.69, 9.17) is 4.74 Å². The van der Waals surface area contributed by atoms with Gasteiger partial charge in [-0.3, -0.25) is 4.79 Å². The minimum absolute atomic E-state index is 0.00463. The van der Waals surface area contributed by atoms with E-state index in [1.54, 1.807) is 0 Å². The molecule has 1 heterocycles. The highest BCUT2D eigenvalue weighted by molar-refractivity contribution is 5.80. The van der Waals surface area contributed by atoms with Gasteiger partial charge in [0.05, 0.1) is 5.60 Å². The fourth-order valence-electron chi connectivity index (χ4n) is 2.24. The third-order valence-corrected chi connectivity index (χ3v) is 2.79. The predicted molar refractivity (Wildman–Crippen MR) is 41.4 cm³/mol. The van der Waals surface area contributed by atoms with E-state index in [-0.39, 0.29) is 5.60 Å². The van der Waals surface area contributed by atoms with E-state index in [1.807, 2.05) is 0 Å². The Morgan fingerprint density at radius 3 is 2.73 bits per heavy atom. The average Bonchev–Trinajstić information content (AvgIpc) is 2.37. The van der Waals surface area contributed by atoms with Crippen molar-refractivity contribution < 1.29 is 9.53 Å². The van der Waals surface area contributed by atoms with Crippen LogP contribution in [0, 0.1) is 0 Å². The Bertz CT molecular complexity index is 168. The van der Waals surface area contributed by atoms with Crippen molar-refractivity contribution in [2.45, 2.75) is 44.1 Å². The summed E-state index contributed by atoms with van der Waals surface area (Å²) in [4.78, 5) is 11.1. The minimum atomic E-state index is -0.00463. The van der Waals surface area contributed by atoms with E-state index in [1.165, 1.54) is 0 Å². The lowest BCUT2D eigenvalue weighted by atomic mass is 9.82. The first-order chi connectivity index (χ1) is 5.31.